The average molecular weight is 227 g/mol. The van der Waals surface area contributed by atoms with Crippen molar-refractivity contribution >= 4 is 0 Å². The molecule has 0 aromatic carbocycles. The summed E-state index contributed by atoms with van der Waals surface area (Å²) < 4.78 is 11.4. The van der Waals surface area contributed by atoms with Crippen molar-refractivity contribution in [1.82, 2.24) is 0 Å². The maximum Gasteiger partial charge on any atom is 0.0876 e. The Kier molecular flexibility index (Phi) is 4.22. The van der Waals surface area contributed by atoms with Crippen molar-refractivity contribution < 1.29 is 9.47 Å². The minimum atomic E-state index is -0.0953. The van der Waals surface area contributed by atoms with E-state index in [4.69, 9.17) is 15.2 Å². The van der Waals surface area contributed by atoms with Crippen molar-refractivity contribution in [2.75, 3.05) is 19.8 Å². The van der Waals surface area contributed by atoms with Gasteiger partial charge in [-0.1, -0.05) is 12.8 Å². The Labute approximate surface area is 98.7 Å². The lowest BCUT2D eigenvalue weighted by Gasteiger charge is -2.41. The van der Waals surface area contributed by atoms with Gasteiger partial charge in [-0.25, -0.2) is 0 Å². The lowest BCUT2D eigenvalue weighted by Crippen LogP contribution is -2.53. The van der Waals surface area contributed by atoms with Crippen molar-refractivity contribution in [1.29, 1.82) is 0 Å². The fourth-order valence-electron chi connectivity index (χ4n) is 2.71. The smallest absolute Gasteiger partial charge is 0.0876 e. The minimum Gasteiger partial charge on any atom is -0.381 e. The maximum atomic E-state index is 6.36. The lowest BCUT2D eigenvalue weighted by molar-refractivity contribution is -0.122. The first-order chi connectivity index (χ1) is 7.77. The SMILES string of the molecule is CCOC1(C(N)CCC2CC2)CCOCC1. The van der Waals surface area contributed by atoms with Crippen molar-refractivity contribution in [2.24, 2.45) is 11.7 Å². The summed E-state index contributed by atoms with van der Waals surface area (Å²) in [6.45, 7) is 4.43. The van der Waals surface area contributed by atoms with Gasteiger partial charge in [0.15, 0.2) is 0 Å². The molecule has 2 N–H and O–H groups in total. The molecule has 16 heavy (non-hydrogen) atoms. The lowest BCUT2D eigenvalue weighted by atomic mass is 9.83. The first kappa shape index (κ1) is 12.3. The van der Waals surface area contributed by atoms with E-state index in [0.29, 0.717) is 0 Å². The number of ether oxygens (including phenoxy) is 2. The second kappa shape index (κ2) is 5.48. The van der Waals surface area contributed by atoms with E-state index < -0.39 is 0 Å². The number of nitrogens with two attached hydrogens (primary N) is 1. The number of rotatable bonds is 6. The van der Waals surface area contributed by atoms with Gasteiger partial charge >= 0.3 is 0 Å². The molecule has 3 nitrogen and oxygen atoms in total. The molecule has 0 spiro atoms. The van der Waals surface area contributed by atoms with Crippen LogP contribution >= 0.6 is 0 Å². The van der Waals surface area contributed by atoms with Gasteiger partial charge in [0.2, 0.25) is 0 Å². The fourth-order valence-corrected chi connectivity index (χ4v) is 2.71. The van der Waals surface area contributed by atoms with Crippen LogP contribution in [0.5, 0.6) is 0 Å². The third-order valence-electron chi connectivity index (χ3n) is 4.03. The molecule has 94 valence electrons. The molecule has 1 heterocycles. The van der Waals surface area contributed by atoms with Crippen LogP contribution in [-0.4, -0.2) is 31.5 Å². The van der Waals surface area contributed by atoms with Gasteiger partial charge in [0.25, 0.3) is 0 Å². The van der Waals surface area contributed by atoms with Gasteiger partial charge in [-0.3, -0.25) is 0 Å². The molecular weight excluding hydrogens is 202 g/mol. The molecule has 0 amide bonds. The predicted molar refractivity (Wildman–Crippen MR) is 64.3 cm³/mol. The first-order valence-corrected chi connectivity index (χ1v) is 6.74. The van der Waals surface area contributed by atoms with E-state index in [1.807, 2.05) is 0 Å². The average Bonchev–Trinajstić information content (AvgIpc) is 3.11. The van der Waals surface area contributed by atoms with Gasteiger partial charge in [0.1, 0.15) is 0 Å². The maximum absolute atomic E-state index is 6.36. The Bertz CT molecular complexity index is 204. The summed E-state index contributed by atoms with van der Waals surface area (Å²) in [6.07, 6.45) is 7.16. The van der Waals surface area contributed by atoms with E-state index in [1.165, 1.54) is 19.3 Å². The highest BCUT2D eigenvalue weighted by Gasteiger charge is 2.39. The van der Waals surface area contributed by atoms with Gasteiger partial charge in [-0.05, 0) is 25.7 Å². The molecule has 1 aliphatic carbocycles. The van der Waals surface area contributed by atoms with E-state index in [2.05, 4.69) is 6.92 Å². The fraction of sp³-hybridized carbons (Fsp3) is 1.00. The predicted octanol–water partition coefficient (Wildman–Crippen LogP) is 2.09. The van der Waals surface area contributed by atoms with E-state index in [9.17, 15) is 0 Å². The number of hydrogen-bond acceptors (Lipinski definition) is 3. The summed E-state index contributed by atoms with van der Waals surface area (Å²) in [4.78, 5) is 0. The Morgan fingerprint density at radius 2 is 2.06 bits per heavy atom. The largest absolute Gasteiger partial charge is 0.381 e. The van der Waals surface area contributed by atoms with Gasteiger partial charge in [0.05, 0.1) is 5.60 Å². The molecule has 2 rings (SSSR count). The highest BCUT2D eigenvalue weighted by molar-refractivity contribution is 4.94. The summed E-state index contributed by atoms with van der Waals surface area (Å²) >= 11 is 0. The van der Waals surface area contributed by atoms with Crippen LogP contribution in [-0.2, 0) is 9.47 Å². The zero-order chi connectivity index (χ0) is 11.4. The zero-order valence-corrected chi connectivity index (χ0v) is 10.4. The van der Waals surface area contributed by atoms with E-state index in [1.54, 1.807) is 0 Å². The highest BCUT2D eigenvalue weighted by Crippen LogP contribution is 2.36. The summed E-state index contributed by atoms with van der Waals surface area (Å²) in [7, 11) is 0. The molecule has 0 aromatic rings. The van der Waals surface area contributed by atoms with Gasteiger partial charge in [0, 0.05) is 38.7 Å². The molecule has 0 radical (unpaired) electrons. The molecule has 1 saturated heterocycles. The van der Waals surface area contributed by atoms with Crippen LogP contribution in [0.4, 0.5) is 0 Å². The van der Waals surface area contributed by atoms with E-state index >= 15 is 0 Å². The normalized spacial score (nSPS) is 26.6. The van der Waals surface area contributed by atoms with Crippen molar-refractivity contribution in [3.63, 3.8) is 0 Å². The molecule has 3 heteroatoms. The summed E-state index contributed by atoms with van der Waals surface area (Å²) in [5.74, 6) is 0.963. The van der Waals surface area contributed by atoms with Gasteiger partial charge < -0.3 is 15.2 Å². The van der Waals surface area contributed by atoms with Crippen molar-refractivity contribution in [3.8, 4) is 0 Å². The molecule has 2 aliphatic rings. The Morgan fingerprint density at radius 3 is 2.62 bits per heavy atom. The quantitative estimate of drug-likeness (QED) is 0.755. The molecule has 1 unspecified atom stereocenters. The molecule has 0 bridgehead atoms. The second-order valence-electron chi connectivity index (χ2n) is 5.24. The molecule has 0 aromatic heterocycles. The molecular formula is C13H25NO2. The first-order valence-electron chi connectivity index (χ1n) is 6.74. The summed E-state index contributed by atoms with van der Waals surface area (Å²) in [5, 5.41) is 0. The van der Waals surface area contributed by atoms with E-state index in [0.717, 1.165) is 45.0 Å². The zero-order valence-electron chi connectivity index (χ0n) is 10.4. The Balaban J connectivity index is 1.87. The molecule has 1 atom stereocenters. The number of hydrogen-bond donors (Lipinski definition) is 1. The van der Waals surface area contributed by atoms with Crippen molar-refractivity contribution in [2.45, 2.75) is 57.1 Å². The van der Waals surface area contributed by atoms with Crippen LogP contribution in [0.1, 0.15) is 45.4 Å². The Morgan fingerprint density at radius 1 is 1.38 bits per heavy atom. The van der Waals surface area contributed by atoms with Crippen LogP contribution in [0, 0.1) is 5.92 Å². The molecule has 1 saturated carbocycles. The van der Waals surface area contributed by atoms with Gasteiger partial charge in [-0.2, -0.15) is 0 Å². The van der Waals surface area contributed by atoms with Crippen LogP contribution < -0.4 is 5.73 Å². The minimum absolute atomic E-state index is 0.0953. The standard InChI is InChI=1S/C13H25NO2/c1-2-16-13(7-9-15-10-8-13)12(14)6-5-11-3-4-11/h11-12H,2-10,14H2,1H3. The third-order valence-corrected chi connectivity index (χ3v) is 4.03. The second-order valence-corrected chi connectivity index (χ2v) is 5.24. The summed E-state index contributed by atoms with van der Waals surface area (Å²) in [6, 6.07) is 0.192. The highest BCUT2D eigenvalue weighted by atomic mass is 16.5. The van der Waals surface area contributed by atoms with Crippen LogP contribution in [0.3, 0.4) is 0 Å². The topological polar surface area (TPSA) is 44.5 Å². The van der Waals surface area contributed by atoms with Crippen LogP contribution in [0.15, 0.2) is 0 Å². The van der Waals surface area contributed by atoms with E-state index in [-0.39, 0.29) is 11.6 Å². The third kappa shape index (κ3) is 2.96. The van der Waals surface area contributed by atoms with Crippen LogP contribution in [0.25, 0.3) is 0 Å². The summed E-state index contributed by atoms with van der Waals surface area (Å²) in [5.41, 5.74) is 6.27. The van der Waals surface area contributed by atoms with Crippen molar-refractivity contribution in [3.05, 3.63) is 0 Å². The monoisotopic (exact) mass is 227 g/mol. The Hall–Kier alpha value is -0.120. The molecule has 1 aliphatic heterocycles. The van der Waals surface area contributed by atoms with Gasteiger partial charge in [-0.15, -0.1) is 0 Å². The molecule has 2 fully saturated rings. The van der Waals surface area contributed by atoms with Crippen LogP contribution in [0.2, 0.25) is 0 Å².